The molecular weight excluding hydrogens is 120 g/mol. The standard InChI is InChI=1S/C8H16.C2H6/c1-7-5-3-4-6-8(7)2;1-2/h7-8H,3-6H2,1-2H3;1-2H3/t7-,8+;. The maximum atomic E-state index is 2.38. The molecule has 0 saturated heterocycles. The van der Waals surface area contributed by atoms with Crippen molar-refractivity contribution < 1.29 is 0 Å². The van der Waals surface area contributed by atoms with Gasteiger partial charge in [0.2, 0.25) is 0 Å². The van der Waals surface area contributed by atoms with Gasteiger partial charge in [0.15, 0.2) is 0 Å². The Balaban J connectivity index is 0.000000371. The van der Waals surface area contributed by atoms with Gasteiger partial charge in [-0.3, -0.25) is 0 Å². The van der Waals surface area contributed by atoms with Crippen LogP contribution in [0.2, 0.25) is 0 Å². The van der Waals surface area contributed by atoms with Crippen molar-refractivity contribution in [2.24, 2.45) is 11.8 Å². The summed E-state index contributed by atoms with van der Waals surface area (Å²) in [4.78, 5) is 0. The van der Waals surface area contributed by atoms with E-state index in [1.165, 1.54) is 25.7 Å². The minimum absolute atomic E-state index is 1.00. The summed E-state index contributed by atoms with van der Waals surface area (Å²) in [5, 5.41) is 0. The van der Waals surface area contributed by atoms with Crippen molar-refractivity contribution in [3.8, 4) is 0 Å². The van der Waals surface area contributed by atoms with Crippen molar-refractivity contribution in [2.75, 3.05) is 0 Å². The first kappa shape index (κ1) is 10.0. The molecule has 0 bridgehead atoms. The Morgan fingerprint density at radius 3 is 1.30 bits per heavy atom. The van der Waals surface area contributed by atoms with Crippen LogP contribution >= 0.6 is 0 Å². The minimum Gasteiger partial charge on any atom is -0.0683 e. The van der Waals surface area contributed by atoms with E-state index in [1.807, 2.05) is 13.8 Å². The summed E-state index contributed by atoms with van der Waals surface area (Å²) in [5.74, 6) is 2.01. The van der Waals surface area contributed by atoms with Gasteiger partial charge in [0.25, 0.3) is 0 Å². The average Bonchev–Trinajstić information content (AvgIpc) is 2.00. The molecule has 1 aliphatic rings. The minimum atomic E-state index is 1.00. The quantitative estimate of drug-likeness (QED) is 0.482. The second-order valence-electron chi connectivity index (χ2n) is 3.24. The topological polar surface area (TPSA) is 0 Å². The van der Waals surface area contributed by atoms with E-state index in [1.54, 1.807) is 0 Å². The first-order valence-corrected chi connectivity index (χ1v) is 4.80. The molecule has 0 heteroatoms. The molecule has 0 spiro atoms. The normalized spacial score (nSPS) is 32.4. The highest BCUT2D eigenvalue weighted by molar-refractivity contribution is 4.67. The third-order valence-electron chi connectivity index (χ3n) is 2.54. The molecule has 0 aromatic carbocycles. The van der Waals surface area contributed by atoms with E-state index in [-0.39, 0.29) is 0 Å². The molecule has 0 amide bonds. The molecule has 0 N–H and O–H groups in total. The number of hydrogen-bond donors (Lipinski definition) is 0. The Morgan fingerprint density at radius 1 is 0.800 bits per heavy atom. The lowest BCUT2D eigenvalue weighted by Crippen LogP contribution is -2.12. The Hall–Kier alpha value is 0. The Kier molecular flexibility index (Phi) is 5.76. The van der Waals surface area contributed by atoms with Crippen LogP contribution in [0.4, 0.5) is 0 Å². The van der Waals surface area contributed by atoms with Crippen molar-refractivity contribution in [1.29, 1.82) is 0 Å². The molecule has 0 nitrogen and oxygen atoms in total. The van der Waals surface area contributed by atoms with Gasteiger partial charge in [-0.1, -0.05) is 53.4 Å². The summed E-state index contributed by atoms with van der Waals surface area (Å²) in [5.41, 5.74) is 0. The summed E-state index contributed by atoms with van der Waals surface area (Å²) < 4.78 is 0. The van der Waals surface area contributed by atoms with Gasteiger partial charge in [0.05, 0.1) is 0 Å². The zero-order valence-corrected chi connectivity index (χ0v) is 7.98. The molecule has 0 unspecified atom stereocenters. The van der Waals surface area contributed by atoms with Gasteiger partial charge in [-0.25, -0.2) is 0 Å². The van der Waals surface area contributed by atoms with Crippen LogP contribution in [0.25, 0.3) is 0 Å². The molecule has 10 heavy (non-hydrogen) atoms. The highest BCUT2D eigenvalue weighted by atomic mass is 14.2. The van der Waals surface area contributed by atoms with Crippen LogP contribution in [0.15, 0.2) is 0 Å². The van der Waals surface area contributed by atoms with Crippen LogP contribution in [0.3, 0.4) is 0 Å². The molecule has 1 fully saturated rings. The smallest absolute Gasteiger partial charge is 0.0417 e. The predicted molar refractivity (Wildman–Crippen MR) is 48.1 cm³/mol. The first-order chi connectivity index (χ1) is 4.80. The van der Waals surface area contributed by atoms with Gasteiger partial charge in [-0.05, 0) is 11.8 Å². The van der Waals surface area contributed by atoms with E-state index < -0.39 is 0 Å². The van der Waals surface area contributed by atoms with Gasteiger partial charge < -0.3 is 0 Å². The van der Waals surface area contributed by atoms with Gasteiger partial charge >= 0.3 is 0 Å². The van der Waals surface area contributed by atoms with Crippen LogP contribution in [-0.2, 0) is 0 Å². The molecule has 0 radical (unpaired) electrons. The van der Waals surface area contributed by atoms with E-state index in [0.717, 1.165) is 11.8 Å². The lowest BCUT2D eigenvalue weighted by atomic mass is 9.82. The molecular formula is C10H22. The van der Waals surface area contributed by atoms with E-state index in [2.05, 4.69) is 13.8 Å². The zero-order valence-electron chi connectivity index (χ0n) is 7.98. The number of rotatable bonds is 0. The molecule has 1 aliphatic carbocycles. The molecule has 1 saturated carbocycles. The van der Waals surface area contributed by atoms with Crippen molar-refractivity contribution in [3.05, 3.63) is 0 Å². The van der Waals surface area contributed by atoms with Crippen molar-refractivity contribution >= 4 is 0 Å². The molecule has 0 aliphatic heterocycles. The van der Waals surface area contributed by atoms with Crippen LogP contribution in [0.1, 0.15) is 53.4 Å². The summed E-state index contributed by atoms with van der Waals surface area (Å²) in [6.45, 7) is 8.76. The Labute approximate surface area is 66.0 Å². The summed E-state index contributed by atoms with van der Waals surface area (Å²) in [6, 6.07) is 0. The average molecular weight is 142 g/mol. The molecule has 2 atom stereocenters. The van der Waals surface area contributed by atoms with Crippen LogP contribution < -0.4 is 0 Å². The molecule has 0 aromatic heterocycles. The maximum absolute atomic E-state index is 2.38. The van der Waals surface area contributed by atoms with Gasteiger partial charge in [0.1, 0.15) is 0 Å². The monoisotopic (exact) mass is 142 g/mol. The fourth-order valence-electron chi connectivity index (χ4n) is 1.50. The van der Waals surface area contributed by atoms with E-state index in [4.69, 9.17) is 0 Å². The SMILES string of the molecule is CC.C[C@@H]1CCCC[C@@H]1C. The van der Waals surface area contributed by atoms with Gasteiger partial charge in [-0.2, -0.15) is 0 Å². The molecule has 62 valence electrons. The van der Waals surface area contributed by atoms with E-state index in [9.17, 15) is 0 Å². The molecule has 0 heterocycles. The van der Waals surface area contributed by atoms with Gasteiger partial charge in [0, 0.05) is 0 Å². The summed E-state index contributed by atoms with van der Waals surface area (Å²) in [7, 11) is 0. The number of hydrogen-bond acceptors (Lipinski definition) is 0. The molecule has 1 rings (SSSR count). The highest BCUT2D eigenvalue weighted by Crippen LogP contribution is 2.28. The fourth-order valence-corrected chi connectivity index (χ4v) is 1.50. The molecule has 0 aromatic rings. The predicted octanol–water partition coefficient (Wildman–Crippen LogP) is 3.86. The van der Waals surface area contributed by atoms with Crippen molar-refractivity contribution in [3.63, 3.8) is 0 Å². The lowest BCUT2D eigenvalue weighted by Gasteiger charge is -2.24. The van der Waals surface area contributed by atoms with Crippen molar-refractivity contribution in [1.82, 2.24) is 0 Å². The van der Waals surface area contributed by atoms with E-state index in [0.29, 0.717) is 0 Å². The maximum Gasteiger partial charge on any atom is -0.0417 e. The third kappa shape index (κ3) is 3.24. The summed E-state index contributed by atoms with van der Waals surface area (Å²) >= 11 is 0. The third-order valence-corrected chi connectivity index (χ3v) is 2.54. The second kappa shape index (κ2) is 5.76. The lowest BCUT2D eigenvalue weighted by molar-refractivity contribution is 0.277. The van der Waals surface area contributed by atoms with E-state index >= 15 is 0 Å². The second-order valence-corrected chi connectivity index (χ2v) is 3.24. The Bertz CT molecular complexity index is 56.4. The van der Waals surface area contributed by atoms with Crippen LogP contribution in [0, 0.1) is 11.8 Å². The fraction of sp³-hybridized carbons (Fsp3) is 1.00. The zero-order chi connectivity index (χ0) is 7.98. The van der Waals surface area contributed by atoms with Crippen molar-refractivity contribution in [2.45, 2.75) is 53.4 Å². The summed E-state index contributed by atoms with van der Waals surface area (Å²) in [6.07, 6.45) is 5.90. The van der Waals surface area contributed by atoms with Crippen LogP contribution in [0.5, 0.6) is 0 Å². The highest BCUT2D eigenvalue weighted by Gasteiger charge is 2.15. The van der Waals surface area contributed by atoms with Crippen LogP contribution in [-0.4, -0.2) is 0 Å². The Morgan fingerprint density at radius 2 is 1.10 bits per heavy atom. The first-order valence-electron chi connectivity index (χ1n) is 4.80. The largest absolute Gasteiger partial charge is 0.0683 e. The van der Waals surface area contributed by atoms with Gasteiger partial charge in [-0.15, -0.1) is 0 Å².